The van der Waals surface area contributed by atoms with Crippen LogP contribution in [0.3, 0.4) is 0 Å². The first-order chi connectivity index (χ1) is 7.34. The van der Waals surface area contributed by atoms with Gasteiger partial charge in [0.15, 0.2) is 0 Å². The zero-order valence-corrected chi connectivity index (χ0v) is 9.00. The molecule has 3 N–H and O–H groups in total. The predicted octanol–water partition coefficient (Wildman–Crippen LogP) is 2.05. The molecule has 1 aromatic carbocycles. The van der Waals surface area contributed by atoms with E-state index in [9.17, 15) is 0 Å². The van der Waals surface area contributed by atoms with Gasteiger partial charge in [0.2, 0.25) is 0 Å². The van der Waals surface area contributed by atoms with Crippen LogP contribution in [0.15, 0.2) is 18.2 Å². The fourth-order valence-electron chi connectivity index (χ4n) is 3.13. The van der Waals surface area contributed by atoms with Gasteiger partial charge in [-0.2, -0.15) is 0 Å². The molecule has 0 spiro atoms. The number of benzene rings is 1. The second-order valence-electron chi connectivity index (χ2n) is 4.81. The molecule has 0 saturated carbocycles. The minimum Gasteiger partial charge on any atom is -0.399 e. The number of aryl methyl sites for hydroxylation is 1. The van der Waals surface area contributed by atoms with E-state index >= 15 is 0 Å². The van der Waals surface area contributed by atoms with Crippen molar-refractivity contribution in [1.29, 1.82) is 0 Å². The van der Waals surface area contributed by atoms with Crippen LogP contribution in [0, 0.1) is 0 Å². The number of fused-ring (bicyclic) bond motifs is 3. The highest BCUT2D eigenvalue weighted by molar-refractivity contribution is 5.47. The summed E-state index contributed by atoms with van der Waals surface area (Å²) in [4.78, 5) is 0. The molecule has 2 aliphatic rings. The first kappa shape index (κ1) is 9.22. The van der Waals surface area contributed by atoms with Crippen LogP contribution >= 0.6 is 0 Å². The van der Waals surface area contributed by atoms with E-state index in [4.69, 9.17) is 5.73 Å². The molecule has 1 aliphatic carbocycles. The molecule has 15 heavy (non-hydrogen) atoms. The second-order valence-corrected chi connectivity index (χ2v) is 4.81. The predicted molar refractivity (Wildman–Crippen MR) is 62.9 cm³/mol. The summed E-state index contributed by atoms with van der Waals surface area (Å²) in [5, 5.41) is 3.64. The van der Waals surface area contributed by atoms with Gasteiger partial charge in [-0.1, -0.05) is 6.07 Å². The number of rotatable bonds is 0. The van der Waals surface area contributed by atoms with E-state index in [1.807, 2.05) is 6.07 Å². The van der Waals surface area contributed by atoms with Crippen molar-refractivity contribution in [1.82, 2.24) is 5.32 Å². The van der Waals surface area contributed by atoms with Crippen LogP contribution in [-0.2, 0) is 6.42 Å². The van der Waals surface area contributed by atoms with Crippen molar-refractivity contribution in [2.24, 2.45) is 0 Å². The van der Waals surface area contributed by atoms with E-state index in [1.165, 1.54) is 43.4 Å². The molecule has 0 aromatic heterocycles. The summed E-state index contributed by atoms with van der Waals surface area (Å²) in [6.45, 7) is 1.19. The van der Waals surface area contributed by atoms with Crippen LogP contribution in [0.1, 0.15) is 36.3 Å². The van der Waals surface area contributed by atoms with E-state index in [-0.39, 0.29) is 0 Å². The van der Waals surface area contributed by atoms with Gasteiger partial charge in [0, 0.05) is 11.7 Å². The van der Waals surface area contributed by atoms with Crippen molar-refractivity contribution in [3.05, 3.63) is 29.3 Å². The third-order valence-corrected chi connectivity index (χ3v) is 3.88. The van der Waals surface area contributed by atoms with Gasteiger partial charge in [-0.15, -0.1) is 0 Å². The van der Waals surface area contributed by atoms with E-state index in [0.717, 1.165) is 5.69 Å². The molecule has 1 aliphatic heterocycles. The number of nitrogens with one attached hydrogen (secondary N) is 1. The monoisotopic (exact) mass is 202 g/mol. The number of piperidine rings is 1. The summed E-state index contributed by atoms with van der Waals surface area (Å²) in [5.41, 5.74) is 9.83. The van der Waals surface area contributed by atoms with E-state index < -0.39 is 0 Å². The van der Waals surface area contributed by atoms with Crippen molar-refractivity contribution in [3.63, 3.8) is 0 Å². The SMILES string of the molecule is Nc1ccc2c(c1)C1CCCN[C@@H]1CC2. The highest BCUT2D eigenvalue weighted by atomic mass is 14.9. The topological polar surface area (TPSA) is 38.0 Å². The Morgan fingerprint density at radius 2 is 2.20 bits per heavy atom. The minimum absolute atomic E-state index is 0.702. The second kappa shape index (κ2) is 3.53. The van der Waals surface area contributed by atoms with Gasteiger partial charge >= 0.3 is 0 Å². The normalized spacial score (nSPS) is 29.3. The third-order valence-electron chi connectivity index (χ3n) is 3.88. The minimum atomic E-state index is 0.702. The molecule has 0 bridgehead atoms. The lowest BCUT2D eigenvalue weighted by Crippen LogP contribution is -2.42. The molecular formula is C13H18N2. The Balaban J connectivity index is 2.01. The Kier molecular flexibility index (Phi) is 2.17. The van der Waals surface area contributed by atoms with Gasteiger partial charge in [-0.05, 0) is 61.4 Å². The molecule has 1 aromatic rings. The molecule has 80 valence electrons. The van der Waals surface area contributed by atoms with Crippen molar-refractivity contribution in [3.8, 4) is 0 Å². The molecule has 1 unspecified atom stereocenters. The van der Waals surface area contributed by atoms with Crippen LogP contribution in [0.2, 0.25) is 0 Å². The number of anilines is 1. The zero-order chi connectivity index (χ0) is 10.3. The molecule has 2 nitrogen and oxygen atoms in total. The van der Waals surface area contributed by atoms with Gasteiger partial charge in [-0.25, -0.2) is 0 Å². The maximum atomic E-state index is 5.88. The standard InChI is InChI=1S/C13H18N2/c14-10-5-3-9-4-6-13-11(12(9)8-10)2-1-7-15-13/h3,5,8,11,13,15H,1-2,4,6-7,14H2/t11?,13-/m1/s1. The Labute approximate surface area is 90.9 Å². The Morgan fingerprint density at radius 3 is 3.13 bits per heavy atom. The van der Waals surface area contributed by atoms with Crippen molar-refractivity contribution in [2.75, 3.05) is 12.3 Å². The van der Waals surface area contributed by atoms with E-state index in [2.05, 4.69) is 17.4 Å². The van der Waals surface area contributed by atoms with Crippen LogP contribution in [0.5, 0.6) is 0 Å². The first-order valence-corrected chi connectivity index (χ1v) is 5.96. The summed E-state index contributed by atoms with van der Waals surface area (Å²) in [7, 11) is 0. The number of nitrogens with two attached hydrogens (primary N) is 1. The average molecular weight is 202 g/mol. The highest BCUT2D eigenvalue weighted by Crippen LogP contribution is 2.37. The highest BCUT2D eigenvalue weighted by Gasteiger charge is 2.31. The molecule has 1 heterocycles. The Morgan fingerprint density at radius 1 is 1.27 bits per heavy atom. The summed E-state index contributed by atoms with van der Waals surface area (Å²) < 4.78 is 0. The van der Waals surface area contributed by atoms with Gasteiger partial charge in [0.1, 0.15) is 0 Å². The molecule has 0 amide bonds. The van der Waals surface area contributed by atoms with Gasteiger partial charge in [-0.3, -0.25) is 0 Å². The van der Waals surface area contributed by atoms with Gasteiger partial charge < -0.3 is 11.1 Å². The van der Waals surface area contributed by atoms with Crippen molar-refractivity contribution < 1.29 is 0 Å². The molecule has 2 atom stereocenters. The summed E-state index contributed by atoms with van der Waals surface area (Å²) in [6.07, 6.45) is 5.13. The van der Waals surface area contributed by atoms with Crippen molar-refractivity contribution in [2.45, 2.75) is 37.6 Å². The zero-order valence-electron chi connectivity index (χ0n) is 9.00. The number of hydrogen-bond donors (Lipinski definition) is 2. The average Bonchev–Trinajstić information content (AvgIpc) is 2.29. The number of nitrogen functional groups attached to an aromatic ring is 1. The van der Waals surface area contributed by atoms with Gasteiger partial charge in [0.25, 0.3) is 0 Å². The Hall–Kier alpha value is -1.02. The quantitative estimate of drug-likeness (QED) is 0.632. The Bertz CT molecular complexity index is 373. The molecule has 1 fully saturated rings. The van der Waals surface area contributed by atoms with Crippen molar-refractivity contribution >= 4 is 5.69 Å². The summed E-state index contributed by atoms with van der Waals surface area (Å²) in [5.74, 6) is 0.714. The molecular weight excluding hydrogens is 184 g/mol. The lowest BCUT2D eigenvalue weighted by molar-refractivity contribution is 0.319. The van der Waals surface area contributed by atoms with E-state index in [0.29, 0.717) is 12.0 Å². The molecule has 2 heteroatoms. The summed E-state index contributed by atoms with van der Waals surface area (Å²) in [6, 6.07) is 7.15. The lowest BCUT2D eigenvalue weighted by atomic mass is 9.75. The van der Waals surface area contributed by atoms with Crippen LogP contribution in [0.4, 0.5) is 5.69 Å². The van der Waals surface area contributed by atoms with Crippen LogP contribution < -0.4 is 11.1 Å². The van der Waals surface area contributed by atoms with Gasteiger partial charge in [0.05, 0.1) is 0 Å². The lowest BCUT2D eigenvalue weighted by Gasteiger charge is -2.38. The smallest absolute Gasteiger partial charge is 0.0317 e. The van der Waals surface area contributed by atoms with Crippen LogP contribution in [-0.4, -0.2) is 12.6 Å². The third kappa shape index (κ3) is 1.53. The van der Waals surface area contributed by atoms with Crippen LogP contribution in [0.25, 0.3) is 0 Å². The first-order valence-electron chi connectivity index (χ1n) is 5.96. The van der Waals surface area contributed by atoms with E-state index in [1.54, 1.807) is 0 Å². The summed E-state index contributed by atoms with van der Waals surface area (Å²) >= 11 is 0. The fourth-order valence-corrected chi connectivity index (χ4v) is 3.13. The molecule has 0 radical (unpaired) electrons. The molecule has 1 saturated heterocycles. The maximum Gasteiger partial charge on any atom is 0.0317 e. The fraction of sp³-hybridized carbons (Fsp3) is 0.538. The number of hydrogen-bond acceptors (Lipinski definition) is 2. The molecule has 3 rings (SSSR count). The maximum absolute atomic E-state index is 5.88. The largest absolute Gasteiger partial charge is 0.399 e.